The van der Waals surface area contributed by atoms with Crippen LogP contribution >= 0.6 is 7.82 Å². The Labute approximate surface area is 348 Å². The highest BCUT2D eigenvalue weighted by molar-refractivity contribution is 7.47. The molecular weight excluding hydrogens is 719 g/mol. The number of unbranched alkanes of at least 4 members (excludes halogenated alkanes) is 29. The second-order valence-electron chi connectivity index (χ2n) is 17.8. The molecule has 56 heavy (non-hydrogen) atoms. The summed E-state index contributed by atoms with van der Waals surface area (Å²) in [5.74, 6) is -0.143. The molecule has 9 heteroatoms. The van der Waals surface area contributed by atoms with Crippen molar-refractivity contribution < 1.29 is 32.9 Å². The molecule has 334 valence electrons. The van der Waals surface area contributed by atoms with E-state index in [2.05, 4.69) is 31.3 Å². The number of phosphoric acid groups is 1. The van der Waals surface area contributed by atoms with Crippen molar-refractivity contribution >= 4 is 13.7 Å². The fraction of sp³-hybridized carbons (Fsp3) is 0.936. The molecule has 3 N–H and O–H groups in total. The molecule has 3 atom stereocenters. The van der Waals surface area contributed by atoms with Gasteiger partial charge in [0, 0.05) is 6.42 Å². The minimum absolute atomic E-state index is 0.0767. The second-order valence-corrected chi connectivity index (χ2v) is 19.3. The Balaban J connectivity index is 4.24. The summed E-state index contributed by atoms with van der Waals surface area (Å²) >= 11 is 0. The maximum atomic E-state index is 12.9. The van der Waals surface area contributed by atoms with E-state index >= 15 is 0 Å². The summed E-state index contributed by atoms with van der Waals surface area (Å²) in [6.45, 7) is 4.90. The maximum Gasteiger partial charge on any atom is 0.472 e. The number of quaternary nitrogens is 1. The summed E-state index contributed by atoms with van der Waals surface area (Å²) in [6, 6.07) is -0.756. The summed E-state index contributed by atoms with van der Waals surface area (Å²) in [5, 5.41) is 14.0. The van der Waals surface area contributed by atoms with Gasteiger partial charge in [-0.15, -0.1) is 0 Å². The van der Waals surface area contributed by atoms with Crippen molar-refractivity contribution in [1.82, 2.24) is 5.32 Å². The van der Waals surface area contributed by atoms with Gasteiger partial charge in [-0.2, -0.15) is 0 Å². The average molecular weight is 816 g/mol. The molecule has 0 aliphatic carbocycles. The van der Waals surface area contributed by atoms with Gasteiger partial charge in [0.2, 0.25) is 5.91 Å². The molecule has 0 aromatic heterocycles. The molecule has 0 fully saturated rings. The van der Waals surface area contributed by atoms with E-state index in [1.165, 1.54) is 167 Å². The zero-order valence-electron chi connectivity index (χ0n) is 37.9. The van der Waals surface area contributed by atoms with Crippen molar-refractivity contribution in [3.63, 3.8) is 0 Å². The van der Waals surface area contributed by atoms with Gasteiger partial charge in [-0.1, -0.05) is 199 Å². The quantitative estimate of drug-likeness (QED) is 0.0245. The molecule has 0 heterocycles. The number of aliphatic hydroxyl groups excluding tert-OH is 1. The van der Waals surface area contributed by atoms with Gasteiger partial charge in [0.05, 0.1) is 39.9 Å². The van der Waals surface area contributed by atoms with Gasteiger partial charge >= 0.3 is 7.82 Å². The number of aliphatic hydroxyl groups is 1. The third-order valence-corrected chi connectivity index (χ3v) is 12.0. The minimum Gasteiger partial charge on any atom is -0.391 e. The minimum atomic E-state index is -4.31. The molecule has 0 aliphatic rings. The van der Waals surface area contributed by atoms with E-state index in [1.807, 2.05) is 21.1 Å². The van der Waals surface area contributed by atoms with Crippen LogP contribution in [0.4, 0.5) is 0 Å². The summed E-state index contributed by atoms with van der Waals surface area (Å²) in [6.07, 6.45) is 45.2. The number of hydrogen-bond donors (Lipinski definition) is 3. The van der Waals surface area contributed by atoms with Crippen LogP contribution in [0.3, 0.4) is 0 Å². The normalized spacial score (nSPS) is 14.3. The van der Waals surface area contributed by atoms with E-state index in [0.717, 1.165) is 38.5 Å². The lowest BCUT2D eigenvalue weighted by Crippen LogP contribution is -2.46. The Hall–Kier alpha value is -0.760. The van der Waals surface area contributed by atoms with E-state index in [0.29, 0.717) is 23.9 Å². The first-order valence-electron chi connectivity index (χ1n) is 24.1. The lowest BCUT2D eigenvalue weighted by Gasteiger charge is -2.26. The van der Waals surface area contributed by atoms with Gasteiger partial charge < -0.3 is 19.8 Å². The highest BCUT2D eigenvalue weighted by atomic mass is 31.2. The first-order valence-corrected chi connectivity index (χ1v) is 25.5. The van der Waals surface area contributed by atoms with Crippen LogP contribution in [0.1, 0.15) is 232 Å². The molecule has 0 radical (unpaired) electrons. The van der Waals surface area contributed by atoms with Crippen molar-refractivity contribution in [1.29, 1.82) is 0 Å². The molecule has 0 aliphatic heterocycles. The molecule has 8 nitrogen and oxygen atoms in total. The molecular formula is C47H96N2O6P+. The second kappa shape index (κ2) is 39.7. The lowest BCUT2D eigenvalue weighted by atomic mass is 10.0. The van der Waals surface area contributed by atoms with Crippen molar-refractivity contribution in [2.24, 2.45) is 0 Å². The number of nitrogens with one attached hydrogen (secondary N) is 1. The zero-order valence-corrected chi connectivity index (χ0v) is 38.8. The van der Waals surface area contributed by atoms with Crippen LogP contribution in [0.2, 0.25) is 0 Å². The molecule has 3 unspecified atom stereocenters. The van der Waals surface area contributed by atoms with E-state index < -0.39 is 20.0 Å². The van der Waals surface area contributed by atoms with Gasteiger partial charge in [0.25, 0.3) is 0 Å². The monoisotopic (exact) mass is 816 g/mol. The fourth-order valence-corrected chi connectivity index (χ4v) is 7.89. The van der Waals surface area contributed by atoms with Gasteiger partial charge in [-0.05, 0) is 38.5 Å². The maximum absolute atomic E-state index is 12.9. The van der Waals surface area contributed by atoms with Crippen molar-refractivity contribution in [3.8, 4) is 0 Å². The summed E-state index contributed by atoms with van der Waals surface area (Å²) in [5.41, 5.74) is 0. The number of hydrogen-bond acceptors (Lipinski definition) is 5. The number of carbonyl (C=O) groups excluding carboxylic acids is 1. The van der Waals surface area contributed by atoms with Crippen molar-refractivity contribution in [2.75, 3.05) is 40.9 Å². The smallest absolute Gasteiger partial charge is 0.391 e. The number of carbonyl (C=O) groups is 1. The van der Waals surface area contributed by atoms with Gasteiger partial charge in [-0.3, -0.25) is 13.8 Å². The number of rotatable bonds is 44. The Morgan fingerprint density at radius 3 is 1.38 bits per heavy atom. The third kappa shape index (κ3) is 41.4. The Morgan fingerprint density at radius 2 is 0.964 bits per heavy atom. The van der Waals surface area contributed by atoms with Crippen molar-refractivity contribution in [2.45, 2.75) is 244 Å². The van der Waals surface area contributed by atoms with Crippen LogP contribution in [0.25, 0.3) is 0 Å². The Morgan fingerprint density at radius 1 is 0.589 bits per heavy atom. The van der Waals surface area contributed by atoms with Crippen LogP contribution in [0, 0.1) is 0 Å². The van der Waals surface area contributed by atoms with Crippen molar-refractivity contribution in [3.05, 3.63) is 12.2 Å². The molecule has 0 spiro atoms. The zero-order chi connectivity index (χ0) is 41.4. The van der Waals surface area contributed by atoms with Crippen LogP contribution in [0.15, 0.2) is 12.2 Å². The Kier molecular flexibility index (Phi) is 39.1. The highest BCUT2D eigenvalue weighted by Crippen LogP contribution is 2.43. The standard InChI is InChI=1S/C47H95N2O6P/c1-6-8-10-12-14-16-18-20-21-22-23-24-25-26-27-29-31-33-35-37-39-41-47(51)48-45(44-55-56(52,53)54-43-42-49(3,4)5)46(50)40-38-36-34-32-30-28-19-17-15-13-11-9-7-2/h20-21,45-46,50H,6-19,22-44H2,1-5H3,(H-,48,51,52,53)/p+1/b21-20-. The topological polar surface area (TPSA) is 105 Å². The molecule has 0 rings (SSSR count). The van der Waals surface area contributed by atoms with E-state index in [1.54, 1.807) is 0 Å². The summed E-state index contributed by atoms with van der Waals surface area (Å²) < 4.78 is 23.6. The first kappa shape index (κ1) is 55.2. The lowest BCUT2D eigenvalue weighted by molar-refractivity contribution is -0.870. The van der Waals surface area contributed by atoms with Crippen LogP contribution in [-0.4, -0.2) is 73.4 Å². The van der Waals surface area contributed by atoms with Crippen LogP contribution in [0.5, 0.6) is 0 Å². The largest absolute Gasteiger partial charge is 0.472 e. The van der Waals surface area contributed by atoms with Crippen LogP contribution in [-0.2, 0) is 18.4 Å². The fourth-order valence-electron chi connectivity index (χ4n) is 7.16. The highest BCUT2D eigenvalue weighted by Gasteiger charge is 2.28. The average Bonchev–Trinajstić information content (AvgIpc) is 3.15. The van der Waals surface area contributed by atoms with Gasteiger partial charge in [-0.25, -0.2) is 4.57 Å². The molecule has 0 aromatic carbocycles. The molecule has 0 aromatic rings. The van der Waals surface area contributed by atoms with E-state index in [-0.39, 0.29) is 19.1 Å². The summed E-state index contributed by atoms with van der Waals surface area (Å²) in [4.78, 5) is 23.2. The SMILES string of the molecule is CCCCCCCC/C=C\CCCCCCCCCCCCCC(=O)NC(COP(=O)(O)OCC[N+](C)(C)C)C(O)CCCCCCCCCCCCCCC. The molecule has 0 saturated carbocycles. The number of nitrogens with zero attached hydrogens (tertiary/aromatic N) is 1. The van der Waals surface area contributed by atoms with Gasteiger partial charge in [0.15, 0.2) is 0 Å². The number of phosphoric ester groups is 1. The van der Waals surface area contributed by atoms with E-state index in [9.17, 15) is 19.4 Å². The van der Waals surface area contributed by atoms with E-state index in [4.69, 9.17) is 9.05 Å². The predicted molar refractivity (Wildman–Crippen MR) is 240 cm³/mol. The van der Waals surface area contributed by atoms with Crippen LogP contribution < -0.4 is 5.32 Å². The molecule has 0 saturated heterocycles. The number of likely N-dealkylation sites (N-methyl/N-ethyl adjacent to an activating group) is 1. The van der Waals surface area contributed by atoms with Gasteiger partial charge in [0.1, 0.15) is 13.2 Å². The molecule has 1 amide bonds. The number of amides is 1. The predicted octanol–water partition coefficient (Wildman–Crippen LogP) is 13.5. The number of allylic oxidation sites excluding steroid dienone is 2. The third-order valence-electron chi connectivity index (χ3n) is 11.0. The Bertz CT molecular complexity index is 927. The first-order chi connectivity index (χ1) is 27.0. The molecule has 0 bridgehead atoms. The summed E-state index contributed by atoms with van der Waals surface area (Å²) in [7, 11) is 1.62.